The van der Waals surface area contributed by atoms with Crippen LogP contribution in [-0.2, 0) is 0 Å². The van der Waals surface area contributed by atoms with Crippen LogP contribution in [0.25, 0.3) is 4.91 Å². The number of aromatic nitrogens is 1. The number of fused-ring (bicyclic) bond motifs is 3. The van der Waals surface area contributed by atoms with Crippen molar-refractivity contribution in [2.45, 2.75) is 12.4 Å². The van der Waals surface area contributed by atoms with Crippen molar-refractivity contribution in [3.05, 3.63) is 89.9 Å². The number of rotatable bonds is 3. The third kappa shape index (κ3) is 3.88. The molecule has 0 spiro atoms. The van der Waals surface area contributed by atoms with E-state index in [-0.39, 0.29) is 11.4 Å². The van der Waals surface area contributed by atoms with Crippen LogP contribution in [-0.4, -0.2) is 21.5 Å². The quantitative estimate of drug-likeness (QED) is 0.339. The van der Waals surface area contributed by atoms with Crippen LogP contribution in [0.5, 0.6) is 0 Å². The fourth-order valence-electron chi connectivity index (χ4n) is 3.65. The minimum absolute atomic E-state index is 0.120. The molecular formula is C23H20N6OS2. The van der Waals surface area contributed by atoms with Gasteiger partial charge in [0.05, 0.1) is 27.5 Å². The van der Waals surface area contributed by atoms with Gasteiger partial charge < -0.3 is 15.5 Å². The van der Waals surface area contributed by atoms with Crippen LogP contribution in [0.1, 0.15) is 23.0 Å². The number of thiocarbonyl (C=S) groups is 1. The first-order chi connectivity index (χ1) is 15.6. The maximum absolute atomic E-state index is 12.5. The largest absolute Gasteiger partial charge is 0.354 e. The maximum Gasteiger partial charge on any atom is 0.271 e. The Morgan fingerprint density at radius 2 is 1.84 bits per heavy atom. The van der Waals surface area contributed by atoms with Gasteiger partial charge in [-0.25, -0.2) is 0 Å². The van der Waals surface area contributed by atoms with E-state index in [9.17, 15) is 4.79 Å². The Hall–Kier alpha value is -3.56. The summed E-state index contributed by atoms with van der Waals surface area (Å²) >= 11 is 6.93. The molecule has 2 aliphatic heterocycles. The highest BCUT2D eigenvalue weighted by molar-refractivity contribution is 8.09. The fraction of sp³-hybridized carbons (Fsp3) is 0.0870. The molecule has 0 saturated carbocycles. The molecule has 0 radical (unpaired) electrons. The molecule has 3 heterocycles. The Bertz CT molecular complexity index is 1210. The van der Waals surface area contributed by atoms with Crippen LogP contribution in [0.15, 0.2) is 78.6 Å². The average molecular weight is 461 g/mol. The summed E-state index contributed by atoms with van der Waals surface area (Å²) in [4.78, 5) is 20.4. The predicted molar refractivity (Wildman–Crippen MR) is 134 cm³/mol. The molecule has 0 fully saturated rings. The summed E-state index contributed by atoms with van der Waals surface area (Å²) in [6.45, 7) is 2.10. The molecule has 1 amide bonds. The second kappa shape index (κ2) is 8.52. The van der Waals surface area contributed by atoms with Gasteiger partial charge in [0.2, 0.25) is 0 Å². The Labute approximate surface area is 195 Å². The number of allylic oxidation sites excluding steroid dienone is 1. The lowest BCUT2D eigenvalue weighted by molar-refractivity contribution is 0.0944. The maximum atomic E-state index is 12.5. The lowest BCUT2D eigenvalue weighted by Gasteiger charge is -2.18. The second-order valence-corrected chi connectivity index (χ2v) is 8.75. The number of carbonyl (C=O) groups is 1. The molecule has 9 heteroatoms. The highest BCUT2D eigenvalue weighted by Gasteiger charge is 2.38. The molecule has 7 nitrogen and oxygen atoms in total. The number of nitrogens with zero attached hydrogens (tertiary/aromatic N) is 2. The molecule has 2 aliphatic rings. The van der Waals surface area contributed by atoms with Gasteiger partial charge in [0.15, 0.2) is 10.6 Å². The smallest absolute Gasteiger partial charge is 0.271 e. The summed E-state index contributed by atoms with van der Waals surface area (Å²) in [6, 6.07) is 21.4. The number of thioether (sulfide) groups is 1. The normalized spacial score (nSPS) is 16.2. The number of carbonyl (C=O) groups excluding carboxylic acids is 1. The summed E-state index contributed by atoms with van der Waals surface area (Å²) in [5, 5.41) is 6.82. The third-order valence-electron chi connectivity index (χ3n) is 5.18. The van der Waals surface area contributed by atoms with E-state index in [0.717, 1.165) is 27.7 Å². The van der Waals surface area contributed by atoms with E-state index in [1.165, 1.54) is 5.69 Å². The number of para-hydroxylation sites is 3. The first-order valence-electron chi connectivity index (χ1n) is 10.0. The van der Waals surface area contributed by atoms with Crippen molar-refractivity contribution in [2.75, 3.05) is 15.5 Å². The minimum Gasteiger partial charge on any atom is -0.354 e. The van der Waals surface area contributed by atoms with Crippen LogP contribution in [0, 0.1) is 0 Å². The van der Waals surface area contributed by atoms with E-state index in [1.54, 1.807) is 24.0 Å². The number of nitrogens with one attached hydrogen (secondary N) is 4. The van der Waals surface area contributed by atoms with Crippen molar-refractivity contribution in [1.82, 2.24) is 15.8 Å². The molecule has 1 atom stereocenters. The zero-order valence-electron chi connectivity index (χ0n) is 17.1. The van der Waals surface area contributed by atoms with Gasteiger partial charge in [-0.15, -0.1) is 0 Å². The molecule has 32 heavy (non-hydrogen) atoms. The number of pyridine rings is 1. The molecule has 2 aromatic carbocycles. The average Bonchev–Trinajstić information content (AvgIpc) is 3.34. The number of hydrogen-bond acceptors (Lipinski definition) is 6. The van der Waals surface area contributed by atoms with Crippen molar-refractivity contribution in [3.8, 4) is 0 Å². The zero-order chi connectivity index (χ0) is 22.1. The zero-order valence-corrected chi connectivity index (χ0v) is 18.8. The van der Waals surface area contributed by atoms with Gasteiger partial charge in [0.25, 0.3) is 5.91 Å². The summed E-state index contributed by atoms with van der Waals surface area (Å²) in [6.07, 6.45) is 1.58. The molecule has 5 rings (SSSR count). The highest BCUT2D eigenvalue weighted by atomic mass is 32.2. The SMILES string of the molecule is CC1=C(c2ccc(C(=O)NNC(=S)Nc3ccccc3)cn2)SC2Nc3ccccc3N12. The Kier molecular flexibility index (Phi) is 5.42. The van der Waals surface area contributed by atoms with Crippen LogP contribution in [0.2, 0.25) is 0 Å². The van der Waals surface area contributed by atoms with Gasteiger partial charge >= 0.3 is 0 Å². The van der Waals surface area contributed by atoms with E-state index in [4.69, 9.17) is 12.2 Å². The Balaban J connectivity index is 1.23. The van der Waals surface area contributed by atoms with Crippen molar-refractivity contribution >= 4 is 57.0 Å². The van der Waals surface area contributed by atoms with E-state index < -0.39 is 0 Å². The number of anilines is 3. The van der Waals surface area contributed by atoms with Crippen molar-refractivity contribution in [1.29, 1.82) is 0 Å². The monoisotopic (exact) mass is 460 g/mol. The first kappa shape index (κ1) is 20.3. The van der Waals surface area contributed by atoms with Crippen LogP contribution >= 0.6 is 24.0 Å². The molecule has 3 aromatic rings. The predicted octanol–water partition coefficient (Wildman–Crippen LogP) is 4.36. The van der Waals surface area contributed by atoms with Crippen molar-refractivity contribution < 1.29 is 4.79 Å². The molecule has 1 unspecified atom stereocenters. The van der Waals surface area contributed by atoms with Gasteiger partial charge in [-0.1, -0.05) is 42.1 Å². The first-order valence-corrected chi connectivity index (χ1v) is 11.3. The molecule has 0 bridgehead atoms. The van der Waals surface area contributed by atoms with Crippen LogP contribution < -0.4 is 26.4 Å². The van der Waals surface area contributed by atoms with E-state index in [2.05, 4.69) is 50.4 Å². The second-order valence-electron chi connectivity index (χ2n) is 7.25. The Morgan fingerprint density at radius 1 is 1.06 bits per heavy atom. The number of benzene rings is 2. The Morgan fingerprint density at radius 3 is 2.62 bits per heavy atom. The van der Waals surface area contributed by atoms with Gasteiger partial charge in [0.1, 0.15) is 0 Å². The molecule has 1 aromatic heterocycles. The van der Waals surface area contributed by atoms with Gasteiger partial charge in [-0.3, -0.25) is 20.6 Å². The van der Waals surface area contributed by atoms with Crippen molar-refractivity contribution in [3.63, 3.8) is 0 Å². The molecule has 4 N–H and O–H groups in total. The third-order valence-corrected chi connectivity index (χ3v) is 6.67. The van der Waals surface area contributed by atoms with Crippen LogP contribution in [0.3, 0.4) is 0 Å². The molecular weight excluding hydrogens is 440 g/mol. The molecule has 0 aliphatic carbocycles. The van der Waals surface area contributed by atoms with Crippen molar-refractivity contribution in [2.24, 2.45) is 0 Å². The number of amides is 1. The lowest BCUT2D eigenvalue weighted by Crippen LogP contribution is -2.43. The van der Waals surface area contributed by atoms with E-state index >= 15 is 0 Å². The summed E-state index contributed by atoms with van der Waals surface area (Å²) in [7, 11) is 0. The fourth-order valence-corrected chi connectivity index (χ4v) is 5.12. The van der Waals surface area contributed by atoms with E-state index in [0.29, 0.717) is 10.7 Å². The van der Waals surface area contributed by atoms with Gasteiger partial charge in [0, 0.05) is 17.6 Å². The summed E-state index contributed by atoms with van der Waals surface area (Å²) in [5.74, 6) is -0.317. The van der Waals surface area contributed by atoms with E-state index in [1.807, 2.05) is 48.5 Å². The number of hydrazine groups is 1. The standard InChI is InChI=1S/C23H20N6OS2/c1-14-20(32-23-26-17-9-5-6-10-19(17)29(14)23)18-12-11-15(13-24-18)21(30)27-28-22(31)25-16-7-3-2-4-8-16/h2-13,23,26H,1H3,(H,27,30)(H2,25,28,31). The molecule has 0 saturated heterocycles. The lowest BCUT2D eigenvalue weighted by atomic mass is 10.2. The topological polar surface area (TPSA) is 81.3 Å². The minimum atomic E-state index is -0.317. The molecule has 160 valence electrons. The highest BCUT2D eigenvalue weighted by Crippen LogP contribution is 2.51. The number of hydrogen-bond donors (Lipinski definition) is 4. The van der Waals surface area contributed by atoms with Crippen LogP contribution in [0.4, 0.5) is 17.1 Å². The summed E-state index contributed by atoms with van der Waals surface area (Å²) in [5.41, 5.74) is 11.0. The summed E-state index contributed by atoms with van der Waals surface area (Å²) < 4.78 is 0. The van der Waals surface area contributed by atoms with Gasteiger partial charge in [-0.2, -0.15) is 0 Å². The van der Waals surface area contributed by atoms with Gasteiger partial charge in [-0.05, 0) is 55.5 Å².